The normalized spacial score (nSPS) is 10.4. The number of aryl methyl sites for hydroxylation is 1. The van der Waals surface area contributed by atoms with Crippen molar-refractivity contribution in [2.75, 3.05) is 42.3 Å². The first-order chi connectivity index (χ1) is 13.4. The van der Waals surface area contributed by atoms with Gasteiger partial charge in [0.1, 0.15) is 0 Å². The number of ether oxygens (including phenoxy) is 1. The molecule has 2 rings (SSSR count). The number of aromatic nitrogens is 1. The van der Waals surface area contributed by atoms with Crippen LogP contribution in [0, 0.1) is 11.8 Å². The molecule has 11 heteroatoms. The van der Waals surface area contributed by atoms with E-state index in [-0.39, 0.29) is 21.6 Å². The minimum absolute atomic E-state index is 0.203. The standard InChI is InChI=1S/C17H22N6O4S/c1-10-16(23-26)28-17(20-10)22-15(25)13-4-3-12(9-14(13)21-11(2)24)19-6-8-27-7-5-18/h3-4,9,19H,5-8,18H2,1-2H3,(H,21,24)(H,20,22,25). The van der Waals surface area contributed by atoms with Gasteiger partial charge in [-0.2, -0.15) is 0 Å². The molecule has 0 unspecified atom stereocenters. The second-order valence-electron chi connectivity index (χ2n) is 5.72. The summed E-state index contributed by atoms with van der Waals surface area (Å²) in [5, 5.41) is 11.7. The summed E-state index contributed by atoms with van der Waals surface area (Å²) >= 11 is 0.978. The van der Waals surface area contributed by atoms with Gasteiger partial charge in [-0.25, -0.2) is 4.98 Å². The number of carbonyl (C=O) groups excluding carboxylic acids is 2. The lowest BCUT2D eigenvalue weighted by molar-refractivity contribution is -0.114. The fourth-order valence-corrected chi connectivity index (χ4v) is 3.03. The lowest BCUT2D eigenvalue weighted by Gasteiger charge is -2.13. The molecule has 2 aromatic rings. The van der Waals surface area contributed by atoms with Gasteiger partial charge in [-0.15, -0.1) is 4.91 Å². The van der Waals surface area contributed by atoms with Crippen molar-refractivity contribution >= 4 is 44.7 Å². The molecule has 0 saturated heterocycles. The minimum Gasteiger partial charge on any atom is -0.383 e. The Bertz CT molecular complexity index is 854. The SMILES string of the molecule is CC(=O)Nc1cc(NCCOCCN)ccc1C(=O)Nc1nc(C)c(N=O)s1. The van der Waals surface area contributed by atoms with Crippen molar-refractivity contribution in [3.8, 4) is 0 Å². The maximum Gasteiger partial charge on any atom is 0.259 e. The van der Waals surface area contributed by atoms with Gasteiger partial charge in [0.05, 0.1) is 30.2 Å². The third kappa shape index (κ3) is 6.08. The Balaban J connectivity index is 2.13. The molecule has 0 aliphatic carbocycles. The smallest absolute Gasteiger partial charge is 0.259 e. The topological polar surface area (TPSA) is 148 Å². The third-order valence-electron chi connectivity index (χ3n) is 3.49. The molecule has 0 atom stereocenters. The summed E-state index contributed by atoms with van der Waals surface area (Å²) in [4.78, 5) is 38.9. The van der Waals surface area contributed by atoms with Gasteiger partial charge in [0, 0.05) is 25.7 Å². The van der Waals surface area contributed by atoms with E-state index in [9.17, 15) is 14.5 Å². The fraction of sp³-hybridized carbons (Fsp3) is 0.353. The Morgan fingerprint density at radius 3 is 2.71 bits per heavy atom. The minimum atomic E-state index is -0.465. The summed E-state index contributed by atoms with van der Waals surface area (Å²) in [5.41, 5.74) is 7.12. The van der Waals surface area contributed by atoms with Crippen LogP contribution in [0.1, 0.15) is 23.0 Å². The van der Waals surface area contributed by atoms with Crippen molar-refractivity contribution in [2.45, 2.75) is 13.8 Å². The molecule has 10 nitrogen and oxygen atoms in total. The average Bonchev–Trinajstić information content (AvgIpc) is 3.00. The number of nitrogens with two attached hydrogens (primary N) is 1. The van der Waals surface area contributed by atoms with Crippen LogP contribution in [-0.2, 0) is 9.53 Å². The van der Waals surface area contributed by atoms with Crippen molar-refractivity contribution in [3.63, 3.8) is 0 Å². The van der Waals surface area contributed by atoms with Crippen LogP contribution in [0.5, 0.6) is 0 Å². The second kappa shape index (κ2) is 10.4. The highest BCUT2D eigenvalue weighted by molar-refractivity contribution is 7.19. The molecule has 1 heterocycles. The van der Waals surface area contributed by atoms with Crippen LogP contribution in [0.25, 0.3) is 0 Å². The Kier molecular flexibility index (Phi) is 7.99. The maximum absolute atomic E-state index is 12.6. The molecule has 28 heavy (non-hydrogen) atoms. The molecule has 0 aliphatic rings. The highest BCUT2D eigenvalue weighted by Crippen LogP contribution is 2.31. The molecule has 1 aromatic carbocycles. The van der Waals surface area contributed by atoms with E-state index in [4.69, 9.17) is 10.5 Å². The number of nitrogens with zero attached hydrogens (tertiary/aromatic N) is 2. The number of benzene rings is 1. The highest BCUT2D eigenvalue weighted by atomic mass is 32.1. The number of amides is 2. The van der Waals surface area contributed by atoms with Gasteiger partial charge in [0.25, 0.3) is 5.91 Å². The predicted molar refractivity (Wildman–Crippen MR) is 109 cm³/mol. The van der Waals surface area contributed by atoms with Gasteiger partial charge >= 0.3 is 0 Å². The first-order valence-electron chi connectivity index (χ1n) is 8.50. The largest absolute Gasteiger partial charge is 0.383 e. The molecule has 0 fully saturated rings. The van der Waals surface area contributed by atoms with E-state index in [0.29, 0.717) is 43.4 Å². The first kappa shape index (κ1) is 21.4. The number of carbonyl (C=O) groups is 2. The quantitative estimate of drug-likeness (QED) is 0.350. The number of anilines is 3. The Morgan fingerprint density at radius 1 is 1.29 bits per heavy atom. The number of nitroso groups, excluding NO2 is 1. The fourth-order valence-electron chi connectivity index (χ4n) is 2.29. The first-order valence-corrected chi connectivity index (χ1v) is 9.31. The Hall–Kier alpha value is -2.89. The zero-order chi connectivity index (χ0) is 20.5. The summed E-state index contributed by atoms with van der Waals surface area (Å²) in [7, 11) is 0. The molecule has 2 amide bonds. The van der Waals surface area contributed by atoms with Crippen LogP contribution < -0.4 is 21.7 Å². The van der Waals surface area contributed by atoms with Crippen molar-refractivity contribution in [2.24, 2.45) is 10.9 Å². The van der Waals surface area contributed by atoms with Crippen molar-refractivity contribution in [1.82, 2.24) is 4.98 Å². The number of rotatable bonds is 10. The van der Waals surface area contributed by atoms with Crippen LogP contribution in [0.15, 0.2) is 23.4 Å². The molecular weight excluding hydrogens is 384 g/mol. The molecule has 0 saturated carbocycles. The number of nitrogens with one attached hydrogen (secondary N) is 3. The third-order valence-corrected chi connectivity index (χ3v) is 4.44. The summed E-state index contributed by atoms with van der Waals surface area (Å²) in [5.74, 6) is -0.775. The lowest BCUT2D eigenvalue weighted by Crippen LogP contribution is -2.17. The van der Waals surface area contributed by atoms with Crippen molar-refractivity contribution < 1.29 is 14.3 Å². The van der Waals surface area contributed by atoms with Crippen LogP contribution in [0.2, 0.25) is 0 Å². The van der Waals surface area contributed by atoms with Crippen LogP contribution in [0.3, 0.4) is 0 Å². The molecule has 150 valence electrons. The molecular formula is C17H22N6O4S. The van der Waals surface area contributed by atoms with Crippen LogP contribution >= 0.6 is 11.3 Å². The zero-order valence-corrected chi connectivity index (χ0v) is 16.4. The van der Waals surface area contributed by atoms with E-state index in [1.54, 1.807) is 25.1 Å². The summed E-state index contributed by atoms with van der Waals surface area (Å²) in [6.07, 6.45) is 0. The van der Waals surface area contributed by atoms with E-state index in [1.807, 2.05) is 0 Å². The van der Waals surface area contributed by atoms with E-state index in [2.05, 4.69) is 26.1 Å². The van der Waals surface area contributed by atoms with Gasteiger partial charge < -0.3 is 21.1 Å². The van der Waals surface area contributed by atoms with Gasteiger partial charge in [0.15, 0.2) is 10.1 Å². The molecule has 1 aromatic heterocycles. The predicted octanol–water partition coefficient (Wildman–Crippen LogP) is 2.45. The molecule has 0 spiro atoms. The summed E-state index contributed by atoms with van der Waals surface area (Å²) in [6, 6.07) is 4.96. The Labute approximate surface area is 165 Å². The zero-order valence-electron chi connectivity index (χ0n) is 15.6. The molecule has 5 N–H and O–H groups in total. The van der Waals surface area contributed by atoms with Gasteiger partial charge in [-0.05, 0) is 30.3 Å². The second-order valence-corrected chi connectivity index (χ2v) is 6.70. The monoisotopic (exact) mass is 406 g/mol. The number of hydrogen-bond acceptors (Lipinski definition) is 9. The van der Waals surface area contributed by atoms with E-state index in [0.717, 1.165) is 11.3 Å². The van der Waals surface area contributed by atoms with Crippen LogP contribution in [0.4, 0.5) is 21.5 Å². The van der Waals surface area contributed by atoms with Gasteiger partial charge in [-0.3, -0.25) is 14.9 Å². The Morgan fingerprint density at radius 2 is 2.07 bits per heavy atom. The number of hydrogen-bond donors (Lipinski definition) is 4. The molecule has 0 aliphatic heterocycles. The average molecular weight is 406 g/mol. The van der Waals surface area contributed by atoms with E-state index in [1.165, 1.54) is 6.92 Å². The highest BCUT2D eigenvalue weighted by Gasteiger charge is 2.16. The molecule has 0 bridgehead atoms. The molecule has 0 radical (unpaired) electrons. The summed E-state index contributed by atoms with van der Waals surface area (Å²) in [6.45, 7) is 4.95. The van der Waals surface area contributed by atoms with Gasteiger partial charge in [0.2, 0.25) is 5.91 Å². The van der Waals surface area contributed by atoms with Crippen molar-refractivity contribution in [3.05, 3.63) is 34.4 Å². The summed E-state index contributed by atoms with van der Waals surface area (Å²) < 4.78 is 5.29. The number of thiazole rings is 1. The lowest BCUT2D eigenvalue weighted by atomic mass is 10.1. The van der Waals surface area contributed by atoms with Crippen LogP contribution in [-0.4, -0.2) is 43.1 Å². The van der Waals surface area contributed by atoms with Crippen molar-refractivity contribution in [1.29, 1.82) is 0 Å². The van der Waals surface area contributed by atoms with E-state index >= 15 is 0 Å². The maximum atomic E-state index is 12.6. The van der Waals surface area contributed by atoms with Gasteiger partial charge in [-0.1, -0.05) is 11.3 Å². The van der Waals surface area contributed by atoms with E-state index < -0.39 is 5.91 Å².